The van der Waals surface area contributed by atoms with Crippen molar-refractivity contribution in [1.29, 1.82) is 0 Å². The van der Waals surface area contributed by atoms with Gasteiger partial charge in [-0.15, -0.1) is 0 Å². The number of sulfone groups is 1. The molecule has 3 aromatic carbocycles. The van der Waals surface area contributed by atoms with Crippen LogP contribution in [-0.2, 0) is 16.4 Å². The normalized spacial score (nSPS) is 16.6. The number of aromatic nitrogens is 2. The van der Waals surface area contributed by atoms with Crippen LogP contribution < -0.4 is 5.32 Å². The number of H-pyrrole nitrogens is 1. The van der Waals surface area contributed by atoms with Crippen molar-refractivity contribution in [2.75, 3.05) is 36.5 Å². The molecular weight excluding hydrogens is 566 g/mol. The van der Waals surface area contributed by atoms with Crippen LogP contribution in [0.3, 0.4) is 0 Å². The molecule has 6 rings (SSSR count). The summed E-state index contributed by atoms with van der Waals surface area (Å²) in [6.07, 6.45) is 3.25. The quantitative estimate of drug-likeness (QED) is 0.274. The average molecular weight is 598 g/mol. The minimum Gasteiger partial charge on any atom is -0.465 e. The van der Waals surface area contributed by atoms with Gasteiger partial charge in [-0.2, -0.15) is 0 Å². The number of rotatable bonds is 7. The standard InChI is InChI=1S/C32H31N5O5S/c38-31(34-27-13-3-22(4-14-27)21-36-16-18-43(41,42)19-17-36)26-11-7-24(8-12-26)23-5-9-25(10-6-23)28-20-33-30(35-28)29-2-1-15-37(29)32(39)40/h2-14,20H,1,15-19,21H2,(H,33,35)(H,34,38)(H,39,40). The van der Waals surface area contributed by atoms with Crippen LogP contribution in [0.25, 0.3) is 28.1 Å². The zero-order valence-electron chi connectivity index (χ0n) is 23.4. The molecule has 0 saturated carbocycles. The lowest BCUT2D eigenvalue weighted by molar-refractivity contribution is 0.102. The fraction of sp³-hybridized carbons (Fsp3) is 0.219. The van der Waals surface area contributed by atoms with Gasteiger partial charge in [0.05, 0.1) is 29.1 Å². The second-order valence-corrected chi connectivity index (χ2v) is 13.0. The van der Waals surface area contributed by atoms with E-state index in [9.17, 15) is 23.1 Å². The summed E-state index contributed by atoms with van der Waals surface area (Å²) in [5.74, 6) is 0.726. The lowest BCUT2D eigenvalue weighted by Gasteiger charge is -2.26. The van der Waals surface area contributed by atoms with Gasteiger partial charge in [-0.1, -0.05) is 54.6 Å². The Balaban J connectivity index is 1.05. The summed E-state index contributed by atoms with van der Waals surface area (Å²) in [6, 6.07) is 23.0. The molecule has 0 unspecified atom stereocenters. The van der Waals surface area contributed by atoms with Crippen molar-refractivity contribution in [3.63, 3.8) is 0 Å². The molecule has 3 heterocycles. The Labute approximate surface area is 249 Å². The molecule has 0 aliphatic carbocycles. The highest BCUT2D eigenvalue weighted by molar-refractivity contribution is 7.91. The molecule has 43 heavy (non-hydrogen) atoms. The second-order valence-electron chi connectivity index (χ2n) is 10.7. The van der Waals surface area contributed by atoms with Crippen LogP contribution in [0.15, 0.2) is 85.1 Å². The number of amides is 2. The van der Waals surface area contributed by atoms with Crippen LogP contribution in [0.1, 0.15) is 28.2 Å². The van der Waals surface area contributed by atoms with Gasteiger partial charge in [-0.25, -0.2) is 18.2 Å². The molecule has 11 heteroatoms. The first-order valence-electron chi connectivity index (χ1n) is 14.0. The van der Waals surface area contributed by atoms with Crippen molar-refractivity contribution in [3.8, 4) is 22.4 Å². The van der Waals surface area contributed by atoms with Crippen molar-refractivity contribution in [2.24, 2.45) is 0 Å². The first-order valence-corrected chi connectivity index (χ1v) is 15.9. The predicted molar refractivity (Wildman–Crippen MR) is 165 cm³/mol. The maximum atomic E-state index is 12.9. The van der Waals surface area contributed by atoms with Gasteiger partial charge in [0.25, 0.3) is 5.91 Å². The zero-order chi connectivity index (χ0) is 30.0. The van der Waals surface area contributed by atoms with Crippen molar-refractivity contribution < 1.29 is 23.1 Å². The number of nitrogens with one attached hydrogen (secondary N) is 2. The Morgan fingerprint density at radius 1 is 0.860 bits per heavy atom. The number of carbonyl (C=O) groups excluding carboxylic acids is 1. The fourth-order valence-electron chi connectivity index (χ4n) is 5.30. The summed E-state index contributed by atoms with van der Waals surface area (Å²) >= 11 is 0. The third kappa shape index (κ3) is 6.52. The Morgan fingerprint density at radius 2 is 1.49 bits per heavy atom. The number of hydrogen-bond acceptors (Lipinski definition) is 6. The van der Waals surface area contributed by atoms with Gasteiger partial charge in [-0.3, -0.25) is 14.6 Å². The topological polar surface area (TPSA) is 136 Å². The molecule has 10 nitrogen and oxygen atoms in total. The van der Waals surface area contributed by atoms with E-state index in [0.717, 1.165) is 27.9 Å². The van der Waals surface area contributed by atoms with E-state index < -0.39 is 15.9 Å². The summed E-state index contributed by atoms with van der Waals surface area (Å²) < 4.78 is 23.3. The number of anilines is 1. The van der Waals surface area contributed by atoms with Crippen LogP contribution in [0, 0.1) is 0 Å². The van der Waals surface area contributed by atoms with Gasteiger partial charge in [0.2, 0.25) is 0 Å². The summed E-state index contributed by atoms with van der Waals surface area (Å²) in [6.45, 7) is 2.19. The molecule has 0 spiro atoms. The monoisotopic (exact) mass is 597 g/mol. The summed E-state index contributed by atoms with van der Waals surface area (Å²) in [5, 5.41) is 12.3. The van der Waals surface area contributed by atoms with E-state index in [1.54, 1.807) is 18.3 Å². The Hall–Kier alpha value is -4.74. The molecule has 0 bridgehead atoms. The predicted octanol–water partition coefficient (Wildman–Crippen LogP) is 4.95. The lowest BCUT2D eigenvalue weighted by atomic mass is 10.0. The smallest absolute Gasteiger partial charge is 0.411 e. The first-order chi connectivity index (χ1) is 20.7. The molecule has 0 atom stereocenters. The number of imidazole rings is 1. The number of carbonyl (C=O) groups is 2. The molecule has 1 fully saturated rings. The van der Waals surface area contributed by atoms with E-state index in [0.29, 0.717) is 55.4 Å². The van der Waals surface area contributed by atoms with Crippen molar-refractivity contribution in [3.05, 3.63) is 102 Å². The van der Waals surface area contributed by atoms with E-state index in [2.05, 4.69) is 20.2 Å². The van der Waals surface area contributed by atoms with Gasteiger partial charge < -0.3 is 15.4 Å². The van der Waals surface area contributed by atoms with E-state index in [1.165, 1.54) is 4.90 Å². The Bertz CT molecular complexity index is 1770. The number of aromatic amines is 1. The average Bonchev–Trinajstić information content (AvgIpc) is 3.70. The van der Waals surface area contributed by atoms with Gasteiger partial charge in [-0.05, 0) is 52.9 Å². The third-order valence-electron chi connectivity index (χ3n) is 7.76. The van der Waals surface area contributed by atoms with E-state index in [-0.39, 0.29) is 17.4 Å². The van der Waals surface area contributed by atoms with E-state index in [1.807, 2.05) is 66.7 Å². The van der Waals surface area contributed by atoms with Crippen molar-refractivity contribution in [1.82, 2.24) is 19.8 Å². The highest BCUT2D eigenvalue weighted by atomic mass is 32.2. The van der Waals surface area contributed by atoms with Crippen LogP contribution in [-0.4, -0.2) is 76.4 Å². The molecular formula is C32H31N5O5S. The maximum Gasteiger partial charge on any atom is 0.411 e. The van der Waals surface area contributed by atoms with Crippen LogP contribution in [0.2, 0.25) is 0 Å². The van der Waals surface area contributed by atoms with E-state index in [4.69, 9.17) is 0 Å². The van der Waals surface area contributed by atoms with Gasteiger partial charge in [0.1, 0.15) is 0 Å². The first kappa shape index (κ1) is 28.4. The second kappa shape index (κ2) is 11.9. The third-order valence-corrected chi connectivity index (χ3v) is 9.37. The van der Waals surface area contributed by atoms with Gasteiger partial charge in [0, 0.05) is 37.4 Å². The van der Waals surface area contributed by atoms with Crippen molar-refractivity contribution >= 4 is 33.2 Å². The molecule has 2 amide bonds. The lowest BCUT2D eigenvalue weighted by Crippen LogP contribution is -2.39. The maximum absolute atomic E-state index is 12.9. The van der Waals surface area contributed by atoms with Gasteiger partial charge >= 0.3 is 6.09 Å². The summed E-state index contributed by atoms with van der Waals surface area (Å²) in [5.41, 5.74) is 6.55. The molecule has 220 valence electrons. The Morgan fingerprint density at radius 3 is 2.14 bits per heavy atom. The van der Waals surface area contributed by atoms with Crippen molar-refractivity contribution in [2.45, 2.75) is 13.0 Å². The number of nitrogens with zero attached hydrogens (tertiary/aromatic N) is 3. The Kier molecular flexibility index (Phi) is 7.83. The van der Waals surface area contributed by atoms with E-state index >= 15 is 0 Å². The largest absolute Gasteiger partial charge is 0.465 e. The summed E-state index contributed by atoms with van der Waals surface area (Å²) in [4.78, 5) is 35.4. The molecule has 1 aromatic heterocycles. The van der Waals surface area contributed by atoms with Crippen LogP contribution >= 0.6 is 0 Å². The number of benzene rings is 3. The number of hydrogen-bond donors (Lipinski definition) is 3. The fourth-order valence-corrected chi connectivity index (χ4v) is 6.58. The molecule has 0 radical (unpaired) electrons. The highest BCUT2D eigenvalue weighted by Gasteiger charge is 2.25. The molecule has 2 aliphatic heterocycles. The highest BCUT2D eigenvalue weighted by Crippen LogP contribution is 2.28. The zero-order valence-corrected chi connectivity index (χ0v) is 24.2. The minimum atomic E-state index is -2.90. The molecule has 2 aliphatic rings. The van der Waals surface area contributed by atoms with Gasteiger partial charge in [0.15, 0.2) is 15.7 Å². The van der Waals surface area contributed by atoms with Crippen LogP contribution in [0.5, 0.6) is 0 Å². The minimum absolute atomic E-state index is 0.201. The SMILES string of the molecule is O=C(Nc1ccc(CN2CCS(=O)(=O)CC2)cc1)c1ccc(-c2ccc(-c3cnc(C4=CCCN4C(=O)O)[nH]3)cc2)cc1. The summed E-state index contributed by atoms with van der Waals surface area (Å²) in [7, 11) is -2.90. The number of carboxylic acid groups (broad SMARTS) is 1. The molecule has 4 aromatic rings. The van der Waals surface area contributed by atoms with Crippen LogP contribution in [0.4, 0.5) is 10.5 Å². The molecule has 1 saturated heterocycles. The molecule has 3 N–H and O–H groups in total.